The molecule has 2 rings (SSSR count). The van der Waals surface area contributed by atoms with Crippen molar-refractivity contribution in [1.29, 1.82) is 0 Å². The van der Waals surface area contributed by atoms with Crippen molar-refractivity contribution in [1.82, 2.24) is 4.98 Å². The zero-order valence-electron chi connectivity index (χ0n) is 11.2. The number of nitrogens with zero attached hydrogens (tertiary/aromatic N) is 1. The lowest BCUT2D eigenvalue weighted by Gasteiger charge is -2.13. The van der Waals surface area contributed by atoms with Crippen LogP contribution in [0.2, 0.25) is 0 Å². The molecule has 1 N–H and O–H groups in total. The standard InChI is InChI=1S/C15H16BrNO2/c1-4-8(2)13-7-12(15(18)19)11-6-10(16)5-9(3)14(11)17-13/h5-8H,4H2,1-3H3,(H,18,19). The molecule has 0 bridgehead atoms. The van der Waals surface area contributed by atoms with Crippen LogP contribution in [-0.2, 0) is 0 Å². The number of pyridine rings is 1. The summed E-state index contributed by atoms with van der Waals surface area (Å²) in [7, 11) is 0. The Morgan fingerprint density at radius 1 is 1.42 bits per heavy atom. The minimum atomic E-state index is -0.908. The molecule has 0 saturated carbocycles. The fraction of sp³-hybridized carbons (Fsp3) is 0.333. The lowest BCUT2D eigenvalue weighted by molar-refractivity contribution is 0.0699. The summed E-state index contributed by atoms with van der Waals surface area (Å²) in [4.78, 5) is 16.1. The van der Waals surface area contributed by atoms with Gasteiger partial charge < -0.3 is 5.11 Å². The molecular formula is C15H16BrNO2. The van der Waals surface area contributed by atoms with Crippen LogP contribution in [0.5, 0.6) is 0 Å². The number of aromatic nitrogens is 1. The molecule has 4 heteroatoms. The number of hydrogen-bond acceptors (Lipinski definition) is 2. The van der Waals surface area contributed by atoms with E-state index in [1.165, 1.54) is 0 Å². The fourth-order valence-corrected chi connectivity index (χ4v) is 2.69. The summed E-state index contributed by atoms with van der Waals surface area (Å²) in [5.74, 6) is -0.653. The normalized spacial score (nSPS) is 12.6. The van der Waals surface area contributed by atoms with Crippen LogP contribution >= 0.6 is 15.9 Å². The average molecular weight is 322 g/mol. The monoisotopic (exact) mass is 321 g/mol. The number of carboxylic acids is 1. The molecule has 1 aromatic heterocycles. The molecule has 0 saturated heterocycles. The summed E-state index contributed by atoms with van der Waals surface area (Å²) in [6.45, 7) is 6.09. The molecule has 0 aliphatic carbocycles. The first-order valence-electron chi connectivity index (χ1n) is 6.28. The predicted octanol–water partition coefficient (Wildman–Crippen LogP) is 4.52. The molecule has 1 aromatic carbocycles. The molecule has 0 amide bonds. The first-order valence-corrected chi connectivity index (χ1v) is 7.07. The highest BCUT2D eigenvalue weighted by Crippen LogP contribution is 2.29. The average Bonchev–Trinajstić information content (AvgIpc) is 2.36. The van der Waals surface area contributed by atoms with Crippen molar-refractivity contribution in [3.63, 3.8) is 0 Å². The molecule has 0 fully saturated rings. The maximum atomic E-state index is 11.5. The molecule has 1 unspecified atom stereocenters. The number of hydrogen-bond donors (Lipinski definition) is 1. The van der Waals surface area contributed by atoms with Crippen molar-refractivity contribution in [2.45, 2.75) is 33.1 Å². The van der Waals surface area contributed by atoms with Gasteiger partial charge in [-0.05, 0) is 43.0 Å². The summed E-state index contributed by atoms with van der Waals surface area (Å²) < 4.78 is 0.873. The Hall–Kier alpha value is -1.42. The van der Waals surface area contributed by atoms with Gasteiger partial charge in [0.25, 0.3) is 0 Å². The van der Waals surface area contributed by atoms with Gasteiger partial charge in [-0.1, -0.05) is 29.8 Å². The van der Waals surface area contributed by atoms with E-state index in [0.29, 0.717) is 10.9 Å². The zero-order chi connectivity index (χ0) is 14.2. The van der Waals surface area contributed by atoms with Gasteiger partial charge in [0, 0.05) is 15.6 Å². The van der Waals surface area contributed by atoms with Crippen molar-refractivity contribution in [3.8, 4) is 0 Å². The third kappa shape index (κ3) is 2.63. The van der Waals surface area contributed by atoms with Crippen molar-refractivity contribution in [2.75, 3.05) is 0 Å². The van der Waals surface area contributed by atoms with Crippen LogP contribution in [0, 0.1) is 6.92 Å². The van der Waals surface area contributed by atoms with Gasteiger partial charge in [-0.15, -0.1) is 0 Å². The highest BCUT2D eigenvalue weighted by Gasteiger charge is 2.16. The van der Waals surface area contributed by atoms with Gasteiger partial charge in [0.1, 0.15) is 0 Å². The van der Waals surface area contributed by atoms with Gasteiger partial charge in [0.2, 0.25) is 0 Å². The molecule has 0 aliphatic rings. The van der Waals surface area contributed by atoms with Gasteiger partial charge >= 0.3 is 5.97 Å². The van der Waals surface area contributed by atoms with E-state index in [0.717, 1.165) is 27.7 Å². The number of carboxylic acid groups (broad SMARTS) is 1. The number of benzene rings is 1. The summed E-state index contributed by atoms with van der Waals surface area (Å²) in [6, 6.07) is 5.48. The quantitative estimate of drug-likeness (QED) is 0.904. The van der Waals surface area contributed by atoms with Crippen LogP contribution in [0.1, 0.15) is 47.8 Å². The Labute approximate surface area is 120 Å². The first kappa shape index (κ1) is 14.0. The van der Waals surface area contributed by atoms with Crippen LogP contribution < -0.4 is 0 Å². The second-order valence-corrected chi connectivity index (χ2v) is 5.74. The number of halogens is 1. The van der Waals surface area contributed by atoms with E-state index < -0.39 is 5.97 Å². The fourth-order valence-electron chi connectivity index (χ4n) is 2.11. The third-order valence-electron chi connectivity index (χ3n) is 3.44. The molecule has 19 heavy (non-hydrogen) atoms. The minimum absolute atomic E-state index is 0.255. The number of rotatable bonds is 3. The molecule has 100 valence electrons. The molecule has 1 heterocycles. The summed E-state index contributed by atoms with van der Waals surface area (Å²) >= 11 is 3.41. The third-order valence-corrected chi connectivity index (χ3v) is 3.89. The van der Waals surface area contributed by atoms with Crippen LogP contribution in [0.15, 0.2) is 22.7 Å². The second kappa shape index (κ2) is 5.29. The first-order chi connectivity index (χ1) is 8.93. The highest BCUT2D eigenvalue weighted by molar-refractivity contribution is 9.10. The summed E-state index contributed by atoms with van der Waals surface area (Å²) in [5.41, 5.74) is 2.93. The van der Waals surface area contributed by atoms with Gasteiger partial charge in [0.05, 0.1) is 11.1 Å². The molecule has 0 spiro atoms. The van der Waals surface area contributed by atoms with E-state index >= 15 is 0 Å². The summed E-state index contributed by atoms with van der Waals surface area (Å²) in [6.07, 6.45) is 0.938. The van der Waals surface area contributed by atoms with E-state index in [4.69, 9.17) is 0 Å². The van der Waals surface area contributed by atoms with Crippen LogP contribution in [0.25, 0.3) is 10.9 Å². The number of carbonyl (C=O) groups is 1. The van der Waals surface area contributed by atoms with Crippen molar-refractivity contribution >= 4 is 32.8 Å². The van der Waals surface area contributed by atoms with Gasteiger partial charge in [-0.2, -0.15) is 0 Å². The Morgan fingerprint density at radius 3 is 2.68 bits per heavy atom. The highest BCUT2D eigenvalue weighted by atomic mass is 79.9. The maximum Gasteiger partial charge on any atom is 0.336 e. The van der Waals surface area contributed by atoms with E-state index in [1.807, 2.05) is 19.1 Å². The number of aromatic carboxylic acids is 1. The molecule has 0 aliphatic heterocycles. The lowest BCUT2D eigenvalue weighted by Crippen LogP contribution is -2.05. The molecule has 0 radical (unpaired) electrons. The van der Waals surface area contributed by atoms with Crippen LogP contribution in [0.3, 0.4) is 0 Å². The SMILES string of the molecule is CCC(C)c1cc(C(=O)O)c2cc(Br)cc(C)c2n1. The minimum Gasteiger partial charge on any atom is -0.478 e. The number of fused-ring (bicyclic) bond motifs is 1. The van der Waals surface area contributed by atoms with Crippen molar-refractivity contribution in [2.24, 2.45) is 0 Å². The van der Waals surface area contributed by atoms with Crippen molar-refractivity contribution in [3.05, 3.63) is 39.5 Å². The van der Waals surface area contributed by atoms with E-state index in [9.17, 15) is 9.90 Å². The smallest absolute Gasteiger partial charge is 0.336 e. The van der Waals surface area contributed by atoms with E-state index in [2.05, 4.69) is 34.8 Å². The Kier molecular flexibility index (Phi) is 3.90. The van der Waals surface area contributed by atoms with Crippen molar-refractivity contribution < 1.29 is 9.90 Å². The Morgan fingerprint density at radius 2 is 2.11 bits per heavy atom. The zero-order valence-corrected chi connectivity index (χ0v) is 12.8. The Balaban J connectivity index is 2.83. The van der Waals surface area contributed by atoms with E-state index in [-0.39, 0.29) is 5.92 Å². The van der Waals surface area contributed by atoms with Gasteiger partial charge in [-0.3, -0.25) is 4.98 Å². The lowest BCUT2D eigenvalue weighted by atomic mass is 9.98. The predicted molar refractivity (Wildman–Crippen MR) is 79.8 cm³/mol. The molecule has 3 nitrogen and oxygen atoms in total. The van der Waals surface area contributed by atoms with Crippen LogP contribution in [-0.4, -0.2) is 16.1 Å². The van der Waals surface area contributed by atoms with Crippen LogP contribution in [0.4, 0.5) is 0 Å². The molecular weight excluding hydrogens is 306 g/mol. The Bertz CT molecular complexity index is 652. The topological polar surface area (TPSA) is 50.2 Å². The summed E-state index contributed by atoms with van der Waals surface area (Å²) in [5, 5.41) is 10.1. The maximum absolute atomic E-state index is 11.5. The van der Waals surface area contributed by atoms with Gasteiger partial charge in [-0.25, -0.2) is 4.79 Å². The molecule has 1 atom stereocenters. The van der Waals surface area contributed by atoms with E-state index in [1.54, 1.807) is 6.07 Å². The molecule has 2 aromatic rings. The second-order valence-electron chi connectivity index (χ2n) is 4.83. The van der Waals surface area contributed by atoms with Gasteiger partial charge in [0.15, 0.2) is 0 Å². The largest absolute Gasteiger partial charge is 0.478 e. The number of aryl methyl sites for hydroxylation is 1.